The number of carbonyl (C=O) groups excluding carboxylic acids is 1. The van der Waals surface area contributed by atoms with Crippen molar-refractivity contribution in [2.24, 2.45) is 0 Å². The molecule has 0 aromatic heterocycles. The minimum Gasteiger partial charge on any atom is -0.497 e. The Morgan fingerprint density at radius 3 is 2.00 bits per heavy atom. The summed E-state index contributed by atoms with van der Waals surface area (Å²) in [4.78, 5) is 11.9. The highest BCUT2D eigenvalue weighted by Crippen LogP contribution is 2.22. The Bertz CT molecular complexity index is 634. The number of methoxy groups -OCH3 is 1. The predicted octanol–water partition coefficient (Wildman–Crippen LogP) is 4.53. The molecular formula is C20H24O3. The van der Waals surface area contributed by atoms with Gasteiger partial charge in [0.05, 0.1) is 7.11 Å². The molecule has 2 aromatic carbocycles. The summed E-state index contributed by atoms with van der Waals surface area (Å²) < 4.78 is 10.4. The van der Waals surface area contributed by atoms with Gasteiger partial charge in [-0.05, 0) is 47.2 Å². The molecule has 0 saturated carbocycles. The molecule has 0 heterocycles. The fraction of sp³-hybridized carbons (Fsp3) is 0.350. The number of rotatable bonds is 5. The van der Waals surface area contributed by atoms with E-state index in [-0.39, 0.29) is 11.4 Å². The fourth-order valence-corrected chi connectivity index (χ4v) is 2.24. The van der Waals surface area contributed by atoms with Crippen molar-refractivity contribution >= 4 is 5.97 Å². The zero-order valence-electron chi connectivity index (χ0n) is 14.3. The molecule has 0 unspecified atom stereocenters. The van der Waals surface area contributed by atoms with E-state index in [0.717, 1.165) is 11.3 Å². The van der Waals surface area contributed by atoms with Gasteiger partial charge in [-0.1, -0.05) is 45.0 Å². The third-order valence-corrected chi connectivity index (χ3v) is 3.73. The van der Waals surface area contributed by atoms with Crippen molar-refractivity contribution in [1.82, 2.24) is 0 Å². The van der Waals surface area contributed by atoms with Crippen molar-refractivity contribution in [3.05, 3.63) is 59.7 Å². The molecule has 0 saturated heterocycles. The van der Waals surface area contributed by atoms with E-state index in [2.05, 4.69) is 45.0 Å². The third kappa shape index (κ3) is 5.13. The molecule has 0 aliphatic heterocycles. The van der Waals surface area contributed by atoms with Crippen LogP contribution < -0.4 is 9.47 Å². The summed E-state index contributed by atoms with van der Waals surface area (Å²) >= 11 is 0. The zero-order chi connectivity index (χ0) is 16.9. The first kappa shape index (κ1) is 17.1. The first-order valence-electron chi connectivity index (χ1n) is 7.82. The smallest absolute Gasteiger partial charge is 0.311 e. The van der Waals surface area contributed by atoms with Gasteiger partial charge in [0, 0.05) is 6.42 Å². The van der Waals surface area contributed by atoms with Crippen molar-refractivity contribution in [3.8, 4) is 11.5 Å². The highest BCUT2D eigenvalue weighted by Gasteiger charge is 2.13. The molecule has 0 N–H and O–H groups in total. The van der Waals surface area contributed by atoms with E-state index in [0.29, 0.717) is 18.6 Å². The largest absolute Gasteiger partial charge is 0.497 e. The summed E-state index contributed by atoms with van der Waals surface area (Å²) in [5, 5.41) is 0. The predicted molar refractivity (Wildman–Crippen MR) is 92.1 cm³/mol. The lowest BCUT2D eigenvalue weighted by Gasteiger charge is -2.19. The Balaban J connectivity index is 1.86. The maximum atomic E-state index is 11.9. The lowest BCUT2D eigenvalue weighted by molar-refractivity contribution is -0.134. The summed E-state index contributed by atoms with van der Waals surface area (Å²) in [7, 11) is 1.60. The maximum Gasteiger partial charge on any atom is 0.311 e. The van der Waals surface area contributed by atoms with E-state index >= 15 is 0 Å². The highest BCUT2D eigenvalue weighted by atomic mass is 16.5. The summed E-state index contributed by atoms with van der Waals surface area (Å²) in [6.45, 7) is 6.57. The number of hydrogen-bond donors (Lipinski definition) is 0. The summed E-state index contributed by atoms with van der Waals surface area (Å²) in [5.74, 6) is 1.05. The Morgan fingerprint density at radius 2 is 1.48 bits per heavy atom. The van der Waals surface area contributed by atoms with E-state index in [4.69, 9.17) is 9.47 Å². The molecule has 0 spiro atoms. The van der Waals surface area contributed by atoms with Crippen molar-refractivity contribution in [2.45, 2.75) is 39.0 Å². The molecule has 122 valence electrons. The van der Waals surface area contributed by atoms with Crippen LogP contribution >= 0.6 is 0 Å². The minimum absolute atomic E-state index is 0.145. The van der Waals surface area contributed by atoms with Crippen LogP contribution in [0.25, 0.3) is 0 Å². The van der Waals surface area contributed by atoms with Crippen molar-refractivity contribution in [3.63, 3.8) is 0 Å². The average molecular weight is 312 g/mol. The Labute approximate surface area is 138 Å². The second-order valence-electron chi connectivity index (χ2n) is 6.60. The van der Waals surface area contributed by atoms with Gasteiger partial charge in [-0.15, -0.1) is 0 Å². The molecule has 23 heavy (non-hydrogen) atoms. The van der Waals surface area contributed by atoms with Crippen LogP contribution in [-0.2, 0) is 16.6 Å². The van der Waals surface area contributed by atoms with E-state index in [1.807, 2.05) is 0 Å². The van der Waals surface area contributed by atoms with Gasteiger partial charge in [-0.3, -0.25) is 4.79 Å². The fourth-order valence-electron chi connectivity index (χ4n) is 2.24. The number of benzene rings is 2. The molecule has 0 aliphatic rings. The monoisotopic (exact) mass is 312 g/mol. The van der Waals surface area contributed by atoms with Crippen LogP contribution in [0.2, 0.25) is 0 Å². The molecule has 0 aliphatic carbocycles. The second-order valence-corrected chi connectivity index (χ2v) is 6.60. The zero-order valence-corrected chi connectivity index (χ0v) is 14.3. The molecule has 3 heteroatoms. The van der Waals surface area contributed by atoms with Gasteiger partial charge in [-0.2, -0.15) is 0 Å². The van der Waals surface area contributed by atoms with Gasteiger partial charge >= 0.3 is 5.97 Å². The van der Waals surface area contributed by atoms with Crippen LogP contribution in [0, 0.1) is 0 Å². The molecule has 0 atom stereocenters. The molecule has 3 nitrogen and oxygen atoms in total. The maximum absolute atomic E-state index is 11.9. The van der Waals surface area contributed by atoms with Gasteiger partial charge in [0.15, 0.2) is 0 Å². The van der Waals surface area contributed by atoms with E-state index in [1.165, 1.54) is 5.56 Å². The van der Waals surface area contributed by atoms with Gasteiger partial charge in [0.25, 0.3) is 0 Å². The summed E-state index contributed by atoms with van der Waals surface area (Å²) in [6.07, 6.45) is 1.04. The topological polar surface area (TPSA) is 35.5 Å². The van der Waals surface area contributed by atoms with Gasteiger partial charge in [0.2, 0.25) is 0 Å². The molecular weight excluding hydrogens is 288 g/mol. The summed E-state index contributed by atoms with van der Waals surface area (Å²) in [5.41, 5.74) is 2.58. The van der Waals surface area contributed by atoms with Crippen LogP contribution in [0.5, 0.6) is 11.5 Å². The first-order valence-corrected chi connectivity index (χ1v) is 7.82. The lowest BCUT2D eigenvalue weighted by atomic mass is 9.86. The van der Waals surface area contributed by atoms with Crippen molar-refractivity contribution in [2.75, 3.05) is 7.11 Å². The molecule has 0 radical (unpaired) electrons. The van der Waals surface area contributed by atoms with Crippen LogP contribution in [0.3, 0.4) is 0 Å². The normalized spacial score (nSPS) is 11.1. The lowest BCUT2D eigenvalue weighted by Crippen LogP contribution is -2.11. The molecule has 0 fully saturated rings. The molecule has 2 aromatic rings. The Kier molecular flexibility index (Phi) is 5.43. The second kappa shape index (κ2) is 7.32. The number of aryl methyl sites for hydroxylation is 1. The Hall–Kier alpha value is -2.29. The molecule has 2 rings (SSSR count). The van der Waals surface area contributed by atoms with Gasteiger partial charge < -0.3 is 9.47 Å². The van der Waals surface area contributed by atoms with Crippen LogP contribution in [-0.4, -0.2) is 13.1 Å². The first-order chi connectivity index (χ1) is 10.9. The Morgan fingerprint density at radius 1 is 0.913 bits per heavy atom. The summed E-state index contributed by atoms with van der Waals surface area (Å²) in [6, 6.07) is 15.4. The van der Waals surface area contributed by atoms with E-state index in [9.17, 15) is 4.79 Å². The number of esters is 1. The van der Waals surface area contributed by atoms with E-state index < -0.39 is 0 Å². The van der Waals surface area contributed by atoms with E-state index in [1.54, 1.807) is 31.4 Å². The highest BCUT2D eigenvalue weighted by molar-refractivity contribution is 5.72. The minimum atomic E-state index is -0.227. The number of ether oxygens (including phenoxy) is 2. The quantitative estimate of drug-likeness (QED) is 0.601. The average Bonchev–Trinajstić information content (AvgIpc) is 2.53. The number of carbonyl (C=O) groups is 1. The van der Waals surface area contributed by atoms with Gasteiger partial charge in [0.1, 0.15) is 11.5 Å². The number of hydrogen-bond acceptors (Lipinski definition) is 3. The molecule has 0 amide bonds. The molecule has 0 bridgehead atoms. The standard InChI is InChI=1S/C20H24O3/c1-20(2,3)16-8-5-15(6-9-16)7-14-19(21)23-18-12-10-17(22-4)11-13-18/h5-6,8-13H,7,14H2,1-4H3. The van der Waals surface area contributed by atoms with Crippen LogP contribution in [0.1, 0.15) is 38.3 Å². The third-order valence-electron chi connectivity index (χ3n) is 3.73. The van der Waals surface area contributed by atoms with Crippen molar-refractivity contribution in [1.29, 1.82) is 0 Å². The van der Waals surface area contributed by atoms with Crippen LogP contribution in [0.4, 0.5) is 0 Å². The van der Waals surface area contributed by atoms with Crippen molar-refractivity contribution < 1.29 is 14.3 Å². The SMILES string of the molecule is COc1ccc(OC(=O)CCc2ccc(C(C)(C)C)cc2)cc1. The van der Waals surface area contributed by atoms with Gasteiger partial charge in [-0.25, -0.2) is 0 Å². The van der Waals surface area contributed by atoms with Crippen LogP contribution in [0.15, 0.2) is 48.5 Å².